The Kier molecular flexibility index (Phi) is 6.54. The van der Waals surface area contributed by atoms with Crippen molar-refractivity contribution in [3.63, 3.8) is 0 Å². The van der Waals surface area contributed by atoms with E-state index in [4.69, 9.17) is 9.47 Å². The number of likely N-dealkylation sites (tertiary alicyclic amines) is 1. The van der Waals surface area contributed by atoms with Crippen LogP contribution in [0.4, 0.5) is 4.79 Å². The second-order valence-corrected chi connectivity index (χ2v) is 9.68. The number of ether oxygens (including phenoxy) is 2. The molecule has 0 unspecified atom stereocenters. The quantitative estimate of drug-likeness (QED) is 0.677. The van der Waals surface area contributed by atoms with Crippen LogP contribution in [0, 0.1) is 0 Å². The van der Waals surface area contributed by atoms with E-state index in [0.29, 0.717) is 30.7 Å². The van der Waals surface area contributed by atoms with Gasteiger partial charge in [0, 0.05) is 48.7 Å². The highest BCUT2D eigenvalue weighted by molar-refractivity contribution is 5.95. The summed E-state index contributed by atoms with van der Waals surface area (Å²) in [5.74, 6) is 0.0609. The lowest BCUT2D eigenvalue weighted by Crippen LogP contribution is -2.50. The number of methoxy groups -OCH3 is 1. The van der Waals surface area contributed by atoms with Gasteiger partial charge in [-0.2, -0.15) is 0 Å². The van der Waals surface area contributed by atoms with Crippen molar-refractivity contribution in [2.45, 2.75) is 64.1 Å². The molecule has 8 heteroatoms. The van der Waals surface area contributed by atoms with E-state index in [-0.39, 0.29) is 18.0 Å². The van der Waals surface area contributed by atoms with Crippen molar-refractivity contribution in [2.24, 2.45) is 0 Å². The average Bonchev–Trinajstić information content (AvgIpc) is 3.64. The van der Waals surface area contributed by atoms with Crippen molar-refractivity contribution in [3.05, 3.63) is 42.2 Å². The molecule has 1 aliphatic carbocycles. The fraction of sp³-hybridized carbons (Fsp3) is 0.520. The molecular formula is C25H32N4O4. The Morgan fingerprint density at radius 2 is 1.52 bits per heavy atom. The molecule has 1 saturated carbocycles. The van der Waals surface area contributed by atoms with Crippen molar-refractivity contribution in [1.82, 2.24) is 19.8 Å². The van der Waals surface area contributed by atoms with Gasteiger partial charge in [-0.1, -0.05) is 12.1 Å². The summed E-state index contributed by atoms with van der Waals surface area (Å²) in [7, 11) is 1.53. The molecule has 1 aliphatic heterocycles. The molecule has 0 N–H and O–H groups in total. The van der Waals surface area contributed by atoms with Crippen LogP contribution in [0.5, 0.6) is 6.01 Å². The molecule has 0 bridgehead atoms. The van der Waals surface area contributed by atoms with Gasteiger partial charge in [0.2, 0.25) is 0 Å². The summed E-state index contributed by atoms with van der Waals surface area (Å²) in [6.07, 6.45) is 6.75. The minimum Gasteiger partial charge on any atom is -0.467 e. The molecule has 1 aromatic carbocycles. The third-order valence-corrected chi connectivity index (χ3v) is 5.96. The van der Waals surface area contributed by atoms with Crippen LogP contribution in [0.25, 0.3) is 11.1 Å². The lowest BCUT2D eigenvalue weighted by Gasteiger charge is -2.39. The predicted molar refractivity (Wildman–Crippen MR) is 124 cm³/mol. The van der Waals surface area contributed by atoms with Crippen molar-refractivity contribution < 1.29 is 19.1 Å². The van der Waals surface area contributed by atoms with Gasteiger partial charge in [-0.05, 0) is 64.2 Å². The standard InChI is InChI=1S/C25H32N4O4/c1-25(2,3)33-24(31)28-13-11-21(12-14-28)29(20-9-10-20)22(30)18-7-5-17(6-8-18)19-15-26-23(32-4)27-16-19/h5-8,15-16,20-21H,9-14H2,1-4H3. The monoisotopic (exact) mass is 452 g/mol. The molecule has 2 aliphatic rings. The normalized spacial score (nSPS) is 16.9. The van der Waals surface area contributed by atoms with E-state index in [1.54, 1.807) is 17.3 Å². The summed E-state index contributed by atoms with van der Waals surface area (Å²) >= 11 is 0. The van der Waals surface area contributed by atoms with Crippen LogP contribution in [-0.2, 0) is 4.74 Å². The topological polar surface area (TPSA) is 84.9 Å². The van der Waals surface area contributed by atoms with Gasteiger partial charge in [0.15, 0.2) is 0 Å². The van der Waals surface area contributed by atoms with Crippen LogP contribution < -0.4 is 4.74 Å². The van der Waals surface area contributed by atoms with Crippen LogP contribution in [0.15, 0.2) is 36.7 Å². The molecule has 2 amide bonds. The lowest BCUT2D eigenvalue weighted by atomic mass is 10.0. The van der Waals surface area contributed by atoms with Crippen molar-refractivity contribution in [3.8, 4) is 17.1 Å². The Balaban J connectivity index is 1.41. The molecule has 0 atom stereocenters. The summed E-state index contributed by atoms with van der Waals surface area (Å²) < 4.78 is 10.5. The molecule has 2 aromatic rings. The smallest absolute Gasteiger partial charge is 0.410 e. The highest BCUT2D eigenvalue weighted by atomic mass is 16.6. The number of rotatable bonds is 5. The number of aromatic nitrogens is 2. The van der Waals surface area contributed by atoms with Gasteiger partial charge in [0.25, 0.3) is 5.91 Å². The lowest BCUT2D eigenvalue weighted by molar-refractivity contribution is 0.0142. The summed E-state index contributed by atoms with van der Waals surface area (Å²) in [5, 5.41) is 0. The van der Waals surface area contributed by atoms with Crippen LogP contribution in [0.1, 0.15) is 56.8 Å². The van der Waals surface area contributed by atoms with E-state index in [0.717, 1.165) is 36.8 Å². The Labute approximate surface area is 194 Å². The van der Waals surface area contributed by atoms with Crippen molar-refractivity contribution >= 4 is 12.0 Å². The number of hydrogen-bond donors (Lipinski definition) is 0. The first-order valence-corrected chi connectivity index (χ1v) is 11.5. The highest BCUT2D eigenvalue weighted by Crippen LogP contribution is 2.34. The predicted octanol–water partition coefficient (Wildman–Crippen LogP) is 4.16. The summed E-state index contributed by atoms with van der Waals surface area (Å²) in [5.41, 5.74) is 1.98. The van der Waals surface area contributed by atoms with E-state index < -0.39 is 5.60 Å². The van der Waals surface area contributed by atoms with Gasteiger partial charge in [-0.3, -0.25) is 4.79 Å². The van der Waals surface area contributed by atoms with Gasteiger partial charge < -0.3 is 19.3 Å². The van der Waals surface area contributed by atoms with Crippen LogP contribution in [0.3, 0.4) is 0 Å². The van der Waals surface area contributed by atoms with E-state index >= 15 is 0 Å². The molecule has 2 heterocycles. The fourth-order valence-electron chi connectivity index (χ4n) is 4.16. The van der Waals surface area contributed by atoms with Crippen molar-refractivity contribution in [1.29, 1.82) is 0 Å². The first-order valence-electron chi connectivity index (χ1n) is 11.5. The number of piperidine rings is 1. The molecule has 0 spiro atoms. The number of hydrogen-bond acceptors (Lipinski definition) is 6. The number of benzene rings is 1. The first-order chi connectivity index (χ1) is 15.7. The number of carbonyl (C=O) groups excluding carboxylic acids is 2. The molecule has 1 saturated heterocycles. The Morgan fingerprint density at radius 1 is 0.939 bits per heavy atom. The third-order valence-electron chi connectivity index (χ3n) is 5.96. The zero-order valence-corrected chi connectivity index (χ0v) is 19.8. The summed E-state index contributed by atoms with van der Waals surface area (Å²) in [4.78, 5) is 37.9. The van der Waals surface area contributed by atoms with Gasteiger partial charge in [-0.25, -0.2) is 14.8 Å². The fourth-order valence-corrected chi connectivity index (χ4v) is 4.16. The Hall–Kier alpha value is -3.16. The number of amides is 2. The zero-order valence-electron chi connectivity index (χ0n) is 19.8. The molecule has 1 aromatic heterocycles. The van der Waals surface area contributed by atoms with Crippen LogP contribution in [0.2, 0.25) is 0 Å². The number of nitrogens with zero attached hydrogens (tertiary/aromatic N) is 4. The van der Waals surface area contributed by atoms with E-state index in [9.17, 15) is 9.59 Å². The largest absolute Gasteiger partial charge is 0.467 e. The molecule has 176 valence electrons. The minimum absolute atomic E-state index is 0.0609. The molecular weight excluding hydrogens is 420 g/mol. The third kappa shape index (κ3) is 5.61. The SMILES string of the molecule is COc1ncc(-c2ccc(C(=O)N(C3CC3)C3CCN(C(=O)OC(C)(C)C)CC3)cc2)cn1. The first kappa shape index (κ1) is 23.0. The maximum Gasteiger partial charge on any atom is 0.410 e. The molecule has 33 heavy (non-hydrogen) atoms. The maximum absolute atomic E-state index is 13.4. The van der Waals surface area contributed by atoms with Gasteiger partial charge in [-0.15, -0.1) is 0 Å². The molecule has 2 fully saturated rings. The summed E-state index contributed by atoms with van der Waals surface area (Å²) in [6, 6.07) is 8.34. The van der Waals surface area contributed by atoms with Gasteiger partial charge in [0.05, 0.1) is 7.11 Å². The molecule has 8 nitrogen and oxygen atoms in total. The highest BCUT2D eigenvalue weighted by Gasteiger charge is 2.39. The molecule has 0 radical (unpaired) electrons. The second kappa shape index (κ2) is 9.37. The Bertz CT molecular complexity index is 973. The van der Waals surface area contributed by atoms with Crippen LogP contribution in [-0.4, -0.2) is 69.7 Å². The average molecular weight is 453 g/mol. The maximum atomic E-state index is 13.4. The number of carbonyl (C=O) groups is 2. The van der Waals surface area contributed by atoms with Crippen molar-refractivity contribution in [2.75, 3.05) is 20.2 Å². The van der Waals surface area contributed by atoms with Gasteiger partial charge >= 0.3 is 12.1 Å². The minimum atomic E-state index is -0.506. The molecule has 4 rings (SSSR count). The van der Waals surface area contributed by atoms with E-state index in [1.165, 1.54) is 7.11 Å². The Morgan fingerprint density at radius 3 is 2.03 bits per heavy atom. The van der Waals surface area contributed by atoms with Crippen LogP contribution >= 0.6 is 0 Å². The zero-order chi connectivity index (χ0) is 23.6. The second-order valence-electron chi connectivity index (χ2n) is 9.68. The van der Waals surface area contributed by atoms with E-state index in [2.05, 4.69) is 14.9 Å². The summed E-state index contributed by atoms with van der Waals surface area (Å²) in [6.45, 7) is 6.83. The van der Waals surface area contributed by atoms with E-state index in [1.807, 2.05) is 45.0 Å². The van der Waals surface area contributed by atoms with Gasteiger partial charge in [0.1, 0.15) is 5.60 Å².